The van der Waals surface area contributed by atoms with Crippen molar-refractivity contribution in [3.8, 4) is 0 Å². The van der Waals surface area contributed by atoms with Crippen molar-refractivity contribution < 1.29 is 4.74 Å². The van der Waals surface area contributed by atoms with E-state index in [1.807, 2.05) is 0 Å². The summed E-state index contributed by atoms with van der Waals surface area (Å²) in [5, 5.41) is 0. The van der Waals surface area contributed by atoms with Gasteiger partial charge in [-0.15, -0.1) is 0 Å². The molecule has 0 radical (unpaired) electrons. The number of unbranched alkanes of at least 4 members (excludes halogenated alkanes) is 1. The molecule has 0 aliphatic rings. The lowest BCUT2D eigenvalue weighted by molar-refractivity contribution is 0.191. The molecular formula is C9H21NO. The van der Waals surface area contributed by atoms with Gasteiger partial charge >= 0.3 is 0 Å². The van der Waals surface area contributed by atoms with Crippen molar-refractivity contribution in [3.63, 3.8) is 0 Å². The molecule has 0 aromatic carbocycles. The molecule has 0 rings (SSSR count). The molecule has 0 aliphatic carbocycles. The first kappa shape index (κ1) is 10.9. The first-order valence-corrected chi connectivity index (χ1v) is 4.55. The predicted molar refractivity (Wildman–Crippen MR) is 48.6 cm³/mol. The monoisotopic (exact) mass is 159 g/mol. The lowest BCUT2D eigenvalue weighted by atomic mass is 10.1. The van der Waals surface area contributed by atoms with E-state index in [1.165, 1.54) is 12.8 Å². The van der Waals surface area contributed by atoms with Crippen molar-refractivity contribution >= 4 is 0 Å². The second-order valence-electron chi connectivity index (χ2n) is 3.04. The Labute approximate surface area is 70.1 Å². The van der Waals surface area contributed by atoms with E-state index in [9.17, 15) is 0 Å². The molecule has 0 saturated carbocycles. The van der Waals surface area contributed by atoms with Crippen molar-refractivity contribution in [2.45, 2.75) is 45.1 Å². The Bertz CT molecular complexity index is 76.0. The number of nitrogens with two attached hydrogens (primary N) is 1. The van der Waals surface area contributed by atoms with Crippen molar-refractivity contribution in [2.75, 3.05) is 13.7 Å². The zero-order chi connectivity index (χ0) is 8.53. The standard InChI is InChI=1S/C9H21NO/c1-3-6-9(10)7-4-5-8-11-2/h9H,3-8,10H2,1-2H3. The fourth-order valence-electron chi connectivity index (χ4n) is 1.17. The van der Waals surface area contributed by atoms with Crippen LogP contribution >= 0.6 is 0 Å². The van der Waals surface area contributed by atoms with Crippen molar-refractivity contribution in [1.29, 1.82) is 0 Å². The van der Waals surface area contributed by atoms with Crippen LogP contribution in [-0.4, -0.2) is 19.8 Å². The predicted octanol–water partition coefficient (Wildman–Crippen LogP) is 1.93. The maximum Gasteiger partial charge on any atom is 0.0462 e. The summed E-state index contributed by atoms with van der Waals surface area (Å²) in [5.74, 6) is 0. The summed E-state index contributed by atoms with van der Waals surface area (Å²) < 4.78 is 4.94. The van der Waals surface area contributed by atoms with Gasteiger partial charge in [0.15, 0.2) is 0 Å². The third kappa shape index (κ3) is 7.82. The van der Waals surface area contributed by atoms with Gasteiger partial charge in [0.25, 0.3) is 0 Å². The fourth-order valence-corrected chi connectivity index (χ4v) is 1.17. The highest BCUT2D eigenvalue weighted by Crippen LogP contribution is 2.03. The van der Waals surface area contributed by atoms with E-state index in [2.05, 4.69) is 6.92 Å². The van der Waals surface area contributed by atoms with Crippen LogP contribution in [-0.2, 0) is 4.74 Å². The molecule has 0 aromatic rings. The summed E-state index contributed by atoms with van der Waals surface area (Å²) in [7, 11) is 1.74. The van der Waals surface area contributed by atoms with Crippen LogP contribution < -0.4 is 5.73 Å². The highest BCUT2D eigenvalue weighted by Gasteiger charge is 1.99. The SMILES string of the molecule is CCCC(N)CCCCOC. The van der Waals surface area contributed by atoms with Gasteiger partial charge in [-0.3, -0.25) is 0 Å². The summed E-state index contributed by atoms with van der Waals surface area (Å²) in [4.78, 5) is 0. The van der Waals surface area contributed by atoms with Crippen molar-refractivity contribution in [1.82, 2.24) is 0 Å². The van der Waals surface area contributed by atoms with Crippen LogP contribution in [0.25, 0.3) is 0 Å². The van der Waals surface area contributed by atoms with Crippen LogP contribution in [0, 0.1) is 0 Å². The molecule has 2 heteroatoms. The van der Waals surface area contributed by atoms with Crippen LogP contribution in [0.15, 0.2) is 0 Å². The highest BCUT2D eigenvalue weighted by molar-refractivity contribution is 4.59. The third-order valence-electron chi connectivity index (χ3n) is 1.83. The van der Waals surface area contributed by atoms with E-state index >= 15 is 0 Å². The van der Waals surface area contributed by atoms with Crippen molar-refractivity contribution in [2.24, 2.45) is 5.73 Å². The minimum Gasteiger partial charge on any atom is -0.385 e. The molecule has 0 aromatic heterocycles. The van der Waals surface area contributed by atoms with E-state index in [-0.39, 0.29) is 0 Å². The summed E-state index contributed by atoms with van der Waals surface area (Å²) in [6, 6.07) is 0.414. The van der Waals surface area contributed by atoms with E-state index in [1.54, 1.807) is 7.11 Å². The maximum atomic E-state index is 5.83. The van der Waals surface area contributed by atoms with Gasteiger partial charge in [0.2, 0.25) is 0 Å². The quantitative estimate of drug-likeness (QED) is 0.576. The lowest BCUT2D eigenvalue weighted by Gasteiger charge is -2.08. The van der Waals surface area contributed by atoms with Gasteiger partial charge in [0.1, 0.15) is 0 Å². The molecule has 0 spiro atoms. The topological polar surface area (TPSA) is 35.2 Å². The molecule has 0 heterocycles. The lowest BCUT2D eigenvalue weighted by Crippen LogP contribution is -2.19. The molecule has 0 amide bonds. The number of methoxy groups -OCH3 is 1. The molecule has 11 heavy (non-hydrogen) atoms. The number of hydrogen-bond donors (Lipinski definition) is 1. The van der Waals surface area contributed by atoms with Crippen LogP contribution in [0.2, 0.25) is 0 Å². The van der Waals surface area contributed by atoms with E-state index in [0.29, 0.717) is 6.04 Å². The summed E-state index contributed by atoms with van der Waals surface area (Å²) >= 11 is 0. The Morgan fingerprint density at radius 3 is 2.55 bits per heavy atom. The van der Waals surface area contributed by atoms with Crippen LogP contribution in [0.3, 0.4) is 0 Å². The van der Waals surface area contributed by atoms with Gasteiger partial charge in [-0.1, -0.05) is 13.3 Å². The molecule has 68 valence electrons. The molecule has 0 fully saturated rings. The zero-order valence-corrected chi connectivity index (χ0v) is 7.81. The van der Waals surface area contributed by atoms with E-state index in [4.69, 9.17) is 10.5 Å². The normalized spacial score (nSPS) is 13.4. The van der Waals surface area contributed by atoms with Crippen LogP contribution in [0.5, 0.6) is 0 Å². The minimum absolute atomic E-state index is 0.414. The second-order valence-corrected chi connectivity index (χ2v) is 3.04. The number of hydrogen-bond acceptors (Lipinski definition) is 2. The van der Waals surface area contributed by atoms with Gasteiger partial charge in [-0.05, 0) is 25.7 Å². The third-order valence-corrected chi connectivity index (χ3v) is 1.83. The number of rotatable bonds is 7. The molecular weight excluding hydrogens is 138 g/mol. The molecule has 2 nitrogen and oxygen atoms in total. The molecule has 1 atom stereocenters. The first-order chi connectivity index (χ1) is 5.31. The van der Waals surface area contributed by atoms with Gasteiger partial charge in [-0.25, -0.2) is 0 Å². The van der Waals surface area contributed by atoms with Gasteiger partial charge < -0.3 is 10.5 Å². The second kappa shape index (κ2) is 8.02. The molecule has 0 aliphatic heterocycles. The first-order valence-electron chi connectivity index (χ1n) is 4.55. The highest BCUT2D eigenvalue weighted by atomic mass is 16.5. The Balaban J connectivity index is 2.97. The van der Waals surface area contributed by atoms with E-state index < -0.39 is 0 Å². The largest absolute Gasteiger partial charge is 0.385 e. The van der Waals surface area contributed by atoms with Crippen LogP contribution in [0.4, 0.5) is 0 Å². The fraction of sp³-hybridized carbons (Fsp3) is 1.00. The zero-order valence-electron chi connectivity index (χ0n) is 7.81. The van der Waals surface area contributed by atoms with Gasteiger partial charge in [0, 0.05) is 19.8 Å². The van der Waals surface area contributed by atoms with E-state index in [0.717, 1.165) is 25.9 Å². The number of ether oxygens (including phenoxy) is 1. The van der Waals surface area contributed by atoms with Gasteiger partial charge in [0.05, 0.1) is 0 Å². The molecule has 1 unspecified atom stereocenters. The molecule has 2 N–H and O–H groups in total. The minimum atomic E-state index is 0.414. The Kier molecular flexibility index (Phi) is 7.96. The van der Waals surface area contributed by atoms with Crippen molar-refractivity contribution in [3.05, 3.63) is 0 Å². The average molecular weight is 159 g/mol. The molecule has 0 saturated heterocycles. The summed E-state index contributed by atoms with van der Waals surface area (Å²) in [6.45, 7) is 3.05. The summed E-state index contributed by atoms with van der Waals surface area (Å²) in [6.07, 6.45) is 5.86. The maximum absolute atomic E-state index is 5.83. The van der Waals surface area contributed by atoms with Crippen LogP contribution in [0.1, 0.15) is 39.0 Å². The van der Waals surface area contributed by atoms with Gasteiger partial charge in [-0.2, -0.15) is 0 Å². The Morgan fingerprint density at radius 1 is 1.27 bits per heavy atom. The smallest absolute Gasteiger partial charge is 0.0462 e. The Hall–Kier alpha value is -0.0800. The summed E-state index contributed by atoms with van der Waals surface area (Å²) in [5.41, 5.74) is 5.83. The Morgan fingerprint density at radius 2 is 2.00 bits per heavy atom. The molecule has 0 bridgehead atoms. The average Bonchev–Trinajstić information content (AvgIpc) is 1.99.